The molecule has 114 valence electrons. The molecule has 0 aromatic heterocycles. The van der Waals surface area contributed by atoms with Gasteiger partial charge in [0.15, 0.2) is 5.82 Å². The average Bonchev–Trinajstić information content (AvgIpc) is 2.36. The lowest BCUT2D eigenvalue weighted by Gasteiger charge is -2.29. The van der Waals surface area contributed by atoms with Crippen molar-refractivity contribution in [1.29, 1.82) is 0 Å². The summed E-state index contributed by atoms with van der Waals surface area (Å²) in [6.45, 7) is 0.619. The normalized spacial score (nSPS) is 17.8. The van der Waals surface area contributed by atoms with Gasteiger partial charge in [-0.25, -0.2) is 12.8 Å². The first-order valence-electron chi connectivity index (χ1n) is 5.73. The Balaban J connectivity index is 0.00000200. The first-order valence-corrected chi connectivity index (χ1v) is 7.93. The topological polar surface area (TPSA) is 63.4 Å². The maximum Gasteiger partial charge on any atom is 0.244 e. The average molecular weight is 364 g/mol. The summed E-state index contributed by atoms with van der Waals surface area (Å²) in [4.78, 5) is -0.258. The van der Waals surface area contributed by atoms with Gasteiger partial charge >= 0.3 is 0 Å². The molecule has 0 unspecified atom stereocenters. The van der Waals surface area contributed by atoms with Crippen LogP contribution < -0.4 is 5.73 Å². The second kappa shape index (κ2) is 6.77. The van der Waals surface area contributed by atoms with Crippen molar-refractivity contribution in [2.24, 2.45) is 5.73 Å². The number of halogens is 4. The molecule has 1 saturated heterocycles. The highest BCUT2D eigenvalue weighted by Crippen LogP contribution is 2.32. The van der Waals surface area contributed by atoms with E-state index in [1.165, 1.54) is 16.4 Å². The number of sulfonamides is 1. The quantitative estimate of drug-likeness (QED) is 0.822. The Morgan fingerprint density at radius 1 is 1.25 bits per heavy atom. The summed E-state index contributed by atoms with van der Waals surface area (Å²) in [5.41, 5.74) is 5.73. The summed E-state index contributed by atoms with van der Waals surface area (Å²) in [6, 6.07) is 2.41. The van der Waals surface area contributed by atoms with E-state index >= 15 is 0 Å². The Morgan fingerprint density at radius 3 is 2.35 bits per heavy atom. The highest BCUT2D eigenvalue weighted by Gasteiger charge is 2.31. The first kappa shape index (κ1) is 17.9. The Kier molecular flexibility index (Phi) is 6.07. The van der Waals surface area contributed by atoms with Crippen molar-refractivity contribution >= 4 is 45.6 Å². The molecule has 1 aliphatic rings. The molecule has 20 heavy (non-hydrogen) atoms. The van der Waals surface area contributed by atoms with E-state index in [9.17, 15) is 12.8 Å². The van der Waals surface area contributed by atoms with Gasteiger partial charge in [-0.05, 0) is 25.0 Å². The molecular formula is C11H14Cl3FN2O2S. The molecule has 0 radical (unpaired) electrons. The first-order chi connectivity index (χ1) is 8.84. The lowest BCUT2D eigenvalue weighted by Crippen LogP contribution is -2.42. The standard InChI is InChI=1S/C11H13Cl2FN2O2S.ClH/c12-8-1-2-9(10(13)11(8)14)19(17,18)16-5-3-7(15)4-6-16;/h1-2,7H,3-6,15H2;1H. The van der Waals surface area contributed by atoms with E-state index in [0.717, 1.165) is 0 Å². The van der Waals surface area contributed by atoms with Crippen LogP contribution in [-0.2, 0) is 10.0 Å². The highest BCUT2D eigenvalue weighted by atomic mass is 35.5. The second-order valence-electron chi connectivity index (χ2n) is 4.42. The molecule has 1 fully saturated rings. The molecule has 2 rings (SSSR count). The summed E-state index contributed by atoms with van der Waals surface area (Å²) < 4.78 is 39.6. The van der Waals surface area contributed by atoms with Gasteiger partial charge in [-0.3, -0.25) is 0 Å². The predicted molar refractivity (Wildman–Crippen MR) is 79.6 cm³/mol. The van der Waals surface area contributed by atoms with Crippen LogP contribution in [0.2, 0.25) is 10.0 Å². The maximum atomic E-state index is 13.6. The maximum absolute atomic E-state index is 13.6. The third-order valence-corrected chi connectivity index (χ3v) is 5.83. The van der Waals surface area contributed by atoms with Gasteiger partial charge in [0.05, 0.1) is 10.0 Å². The number of nitrogens with zero attached hydrogens (tertiary/aromatic N) is 1. The minimum absolute atomic E-state index is 0. The third kappa shape index (κ3) is 3.37. The second-order valence-corrected chi connectivity index (χ2v) is 7.11. The van der Waals surface area contributed by atoms with Crippen molar-refractivity contribution in [3.8, 4) is 0 Å². The van der Waals surface area contributed by atoms with E-state index in [4.69, 9.17) is 28.9 Å². The van der Waals surface area contributed by atoms with Crippen LogP contribution in [0.25, 0.3) is 0 Å². The number of hydrogen-bond donors (Lipinski definition) is 1. The Hall–Kier alpha value is -0.110. The number of nitrogens with two attached hydrogens (primary N) is 1. The van der Waals surface area contributed by atoms with E-state index in [0.29, 0.717) is 25.9 Å². The molecular weight excluding hydrogens is 350 g/mol. The minimum atomic E-state index is -3.81. The van der Waals surface area contributed by atoms with Crippen molar-refractivity contribution in [3.05, 3.63) is 28.0 Å². The van der Waals surface area contributed by atoms with Gasteiger partial charge < -0.3 is 5.73 Å². The zero-order valence-corrected chi connectivity index (χ0v) is 13.5. The Morgan fingerprint density at radius 2 is 1.80 bits per heavy atom. The van der Waals surface area contributed by atoms with Gasteiger partial charge in [0, 0.05) is 19.1 Å². The van der Waals surface area contributed by atoms with Gasteiger partial charge in [0.1, 0.15) is 4.90 Å². The van der Waals surface area contributed by atoms with E-state index < -0.39 is 20.9 Å². The molecule has 0 bridgehead atoms. The van der Waals surface area contributed by atoms with Crippen LogP contribution in [0, 0.1) is 5.82 Å². The molecule has 0 aliphatic carbocycles. The van der Waals surface area contributed by atoms with Crippen molar-refractivity contribution in [2.45, 2.75) is 23.8 Å². The lowest BCUT2D eigenvalue weighted by molar-refractivity contribution is 0.320. The highest BCUT2D eigenvalue weighted by molar-refractivity contribution is 7.89. The molecule has 0 saturated carbocycles. The van der Waals surface area contributed by atoms with Gasteiger partial charge in [0.25, 0.3) is 0 Å². The Labute approximate surface area is 133 Å². The van der Waals surface area contributed by atoms with Gasteiger partial charge in [-0.15, -0.1) is 12.4 Å². The predicted octanol–water partition coefficient (Wildman–Crippen LogP) is 2.67. The molecule has 9 heteroatoms. The Bertz CT molecular complexity index is 590. The smallest absolute Gasteiger partial charge is 0.244 e. The summed E-state index contributed by atoms with van der Waals surface area (Å²) in [5, 5.41) is -0.674. The number of hydrogen-bond acceptors (Lipinski definition) is 3. The molecule has 1 aliphatic heterocycles. The van der Waals surface area contributed by atoms with Gasteiger partial charge in [-0.2, -0.15) is 4.31 Å². The summed E-state index contributed by atoms with van der Waals surface area (Å²) in [7, 11) is -3.81. The largest absolute Gasteiger partial charge is 0.328 e. The van der Waals surface area contributed by atoms with Crippen molar-refractivity contribution in [2.75, 3.05) is 13.1 Å². The number of piperidine rings is 1. The van der Waals surface area contributed by atoms with Gasteiger partial charge in [-0.1, -0.05) is 23.2 Å². The SMILES string of the molecule is Cl.NC1CCN(S(=O)(=O)c2ccc(Cl)c(F)c2Cl)CC1. The summed E-state index contributed by atoms with van der Waals surface area (Å²) in [6.07, 6.45) is 1.15. The van der Waals surface area contributed by atoms with Crippen molar-refractivity contribution < 1.29 is 12.8 Å². The molecule has 0 amide bonds. The van der Waals surface area contributed by atoms with Crippen molar-refractivity contribution in [3.63, 3.8) is 0 Å². The van der Waals surface area contributed by atoms with Crippen molar-refractivity contribution in [1.82, 2.24) is 4.31 Å². The molecule has 1 heterocycles. The molecule has 0 atom stereocenters. The van der Waals surface area contributed by atoms with Crippen LogP contribution in [0.5, 0.6) is 0 Å². The fraction of sp³-hybridized carbons (Fsp3) is 0.455. The zero-order chi connectivity index (χ0) is 14.2. The third-order valence-electron chi connectivity index (χ3n) is 3.12. The van der Waals surface area contributed by atoms with Crippen LogP contribution in [0.1, 0.15) is 12.8 Å². The number of rotatable bonds is 2. The van der Waals surface area contributed by atoms with Gasteiger partial charge in [0.2, 0.25) is 10.0 Å². The molecule has 0 spiro atoms. The van der Waals surface area contributed by atoms with E-state index in [2.05, 4.69) is 0 Å². The fourth-order valence-electron chi connectivity index (χ4n) is 1.96. The summed E-state index contributed by atoms with van der Waals surface area (Å²) >= 11 is 11.3. The minimum Gasteiger partial charge on any atom is -0.328 e. The molecule has 1 aromatic rings. The van der Waals surface area contributed by atoms with E-state index in [-0.39, 0.29) is 28.4 Å². The fourth-order valence-corrected chi connectivity index (χ4v) is 4.15. The lowest BCUT2D eigenvalue weighted by atomic mass is 10.1. The van der Waals surface area contributed by atoms with Crippen LogP contribution in [-0.4, -0.2) is 31.9 Å². The number of benzene rings is 1. The van der Waals surface area contributed by atoms with Crippen LogP contribution in [0.3, 0.4) is 0 Å². The van der Waals surface area contributed by atoms with Crippen LogP contribution >= 0.6 is 35.6 Å². The van der Waals surface area contributed by atoms with E-state index in [1.54, 1.807) is 0 Å². The monoisotopic (exact) mass is 362 g/mol. The van der Waals surface area contributed by atoms with Crippen LogP contribution in [0.4, 0.5) is 4.39 Å². The summed E-state index contributed by atoms with van der Waals surface area (Å²) in [5.74, 6) is -0.918. The van der Waals surface area contributed by atoms with E-state index in [1.807, 2.05) is 0 Å². The molecule has 2 N–H and O–H groups in total. The molecule has 4 nitrogen and oxygen atoms in total. The van der Waals surface area contributed by atoms with Crippen LogP contribution in [0.15, 0.2) is 17.0 Å². The zero-order valence-electron chi connectivity index (χ0n) is 10.4. The molecule has 1 aromatic carbocycles.